The van der Waals surface area contributed by atoms with Crippen molar-refractivity contribution >= 4 is 15.7 Å². The second kappa shape index (κ2) is 7.08. The van der Waals surface area contributed by atoms with Crippen molar-refractivity contribution in [2.24, 2.45) is 0 Å². The highest BCUT2D eigenvalue weighted by Gasteiger charge is 2.45. The maximum atomic E-state index is 13.9. The number of halogens is 4. The summed E-state index contributed by atoms with van der Waals surface area (Å²) in [6.07, 6.45) is -2.28. The lowest BCUT2D eigenvalue weighted by Gasteiger charge is -2.46. The normalized spacial score (nSPS) is 18.1. The van der Waals surface area contributed by atoms with E-state index in [9.17, 15) is 26.0 Å². The summed E-state index contributed by atoms with van der Waals surface area (Å²) in [6.45, 7) is 0.0503. The van der Waals surface area contributed by atoms with E-state index < -0.39 is 38.0 Å². The molecule has 3 aromatic rings. The molecule has 0 amide bonds. The lowest BCUT2D eigenvalue weighted by Crippen LogP contribution is -2.51. The summed E-state index contributed by atoms with van der Waals surface area (Å²) >= 11 is 0. The van der Waals surface area contributed by atoms with Crippen molar-refractivity contribution in [1.29, 1.82) is 0 Å². The van der Waals surface area contributed by atoms with Crippen LogP contribution < -0.4 is 5.32 Å². The first-order valence-electron chi connectivity index (χ1n) is 10.0. The second-order valence-corrected chi connectivity index (χ2v) is 9.94. The average molecular weight is 465 g/mol. The van der Waals surface area contributed by atoms with E-state index >= 15 is 0 Å². The Balaban J connectivity index is 1.47. The maximum absolute atomic E-state index is 13.9. The smallest absolute Gasteiger partial charge is 0.372 e. The molecule has 1 fully saturated rings. The molecule has 1 saturated heterocycles. The molecular weight excluding hydrogens is 446 g/mol. The number of nitrogens with one attached hydrogen (secondary N) is 1. The Morgan fingerprint density at radius 2 is 1.69 bits per heavy atom. The predicted octanol–water partition coefficient (Wildman–Crippen LogP) is 4.74. The Labute approximate surface area is 182 Å². The molecule has 2 aliphatic rings. The van der Waals surface area contributed by atoms with Gasteiger partial charge in [-0.1, -0.05) is 12.1 Å². The third-order valence-corrected chi connectivity index (χ3v) is 8.17. The van der Waals surface area contributed by atoms with Gasteiger partial charge < -0.3 is 9.88 Å². The number of anilines is 1. The Kier molecular flexibility index (Phi) is 4.65. The standard InChI is InChI=1S/C22H19F4N3O2S/c23-15-7-8-18-17(14-15)27-21(20-6-3-11-29(18)20)9-12-28(13-10-21)32(30,31)19-5-2-1-4-16(19)22(24,25)26/h1-8,11,14,27H,9-10,12-13H2. The number of fused-ring (bicyclic) bond motifs is 4. The number of alkyl halides is 3. The highest BCUT2D eigenvalue weighted by molar-refractivity contribution is 7.89. The molecule has 1 spiro atoms. The van der Waals surface area contributed by atoms with E-state index in [-0.39, 0.29) is 13.1 Å². The van der Waals surface area contributed by atoms with Crippen LogP contribution in [0.15, 0.2) is 65.7 Å². The zero-order valence-corrected chi connectivity index (χ0v) is 17.5. The molecule has 168 valence electrons. The molecule has 2 aromatic carbocycles. The number of piperidine rings is 1. The van der Waals surface area contributed by atoms with Crippen molar-refractivity contribution in [2.45, 2.75) is 29.5 Å². The van der Waals surface area contributed by atoms with Crippen LogP contribution in [0.2, 0.25) is 0 Å². The molecule has 0 radical (unpaired) electrons. The molecular formula is C22H19F4N3O2S. The van der Waals surface area contributed by atoms with E-state index in [1.54, 1.807) is 6.07 Å². The molecule has 5 rings (SSSR count). The first-order chi connectivity index (χ1) is 15.1. The average Bonchev–Trinajstić information content (AvgIpc) is 3.25. The molecule has 0 saturated carbocycles. The minimum absolute atomic E-state index is 0.0252. The van der Waals surface area contributed by atoms with Crippen molar-refractivity contribution in [2.75, 3.05) is 18.4 Å². The highest BCUT2D eigenvalue weighted by Crippen LogP contribution is 2.44. The van der Waals surface area contributed by atoms with Crippen molar-refractivity contribution < 1.29 is 26.0 Å². The van der Waals surface area contributed by atoms with Crippen LogP contribution in [0.4, 0.5) is 23.2 Å². The molecule has 5 nitrogen and oxygen atoms in total. The molecule has 0 unspecified atom stereocenters. The topological polar surface area (TPSA) is 54.3 Å². The number of aromatic nitrogens is 1. The lowest BCUT2D eigenvalue weighted by atomic mass is 9.83. The van der Waals surface area contributed by atoms with E-state index in [0.29, 0.717) is 18.5 Å². The number of benzene rings is 2. The SMILES string of the molecule is O=S(=O)(c1ccccc1C(F)(F)F)N1CCC2(CC1)Nc1cc(F)ccc1-n1cccc12. The van der Waals surface area contributed by atoms with Crippen molar-refractivity contribution in [3.63, 3.8) is 0 Å². The van der Waals surface area contributed by atoms with Gasteiger partial charge in [0.05, 0.1) is 27.4 Å². The minimum Gasteiger partial charge on any atom is -0.372 e. The van der Waals surface area contributed by atoms with E-state index in [1.807, 2.05) is 22.9 Å². The van der Waals surface area contributed by atoms with E-state index in [4.69, 9.17) is 0 Å². The molecule has 0 aliphatic carbocycles. The molecule has 1 N–H and O–H groups in total. The number of sulfonamides is 1. The van der Waals surface area contributed by atoms with Gasteiger partial charge in [-0.15, -0.1) is 0 Å². The second-order valence-electron chi connectivity index (χ2n) is 8.03. The summed E-state index contributed by atoms with van der Waals surface area (Å²) in [5.74, 6) is -0.397. The number of nitrogens with zero attached hydrogens (tertiary/aromatic N) is 2. The van der Waals surface area contributed by atoms with Crippen LogP contribution in [0, 0.1) is 5.82 Å². The first kappa shape index (κ1) is 21.0. The number of hydrogen-bond donors (Lipinski definition) is 1. The number of rotatable bonds is 2. The predicted molar refractivity (Wildman–Crippen MR) is 110 cm³/mol. The van der Waals surface area contributed by atoms with Gasteiger partial charge in [-0.25, -0.2) is 12.8 Å². The molecule has 2 aliphatic heterocycles. The highest BCUT2D eigenvalue weighted by atomic mass is 32.2. The van der Waals surface area contributed by atoms with Gasteiger partial charge in [-0.2, -0.15) is 17.5 Å². The zero-order valence-electron chi connectivity index (χ0n) is 16.7. The molecule has 3 heterocycles. The Morgan fingerprint density at radius 3 is 2.41 bits per heavy atom. The summed E-state index contributed by atoms with van der Waals surface area (Å²) in [5, 5.41) is 3.38. The first-order valence-corrected chi connectivity index (χ1v) is 11.5. The Bertz CT molecular complexity index is 1290. The Hall–Kier alpha value is -2.85. The van der Waals surface area contributed by atoms with E-state index in [2.05, 4.69) is 5.32 Å². The maximum Gasteiger partial charge on any atom is 0.417 e. The van der Waals surface area contributed by atoms with Gasteiger partial charge in [0, 0.05) is 25.0 Å². The van der Waals surface area contributed by atoms with Gasteiger partial charge in [0.15, 0.2) is 0 Å². The van der Waals surface area contributed by atoms with Crippen LogP contribution in [0.25, 0.3) is 5.69 Å². The fourth-order valence-corrected chi connectivity index (χ4v) is 6.33. The van der Waals surface area contributed by atoms with Gasteiger partial charge >= 0.3 is 6.18 Å². The number of hydrogen-bond acceptors (Lipinski definition) is 3. The van der Waals surface area contributed by atoms with Gasteiger partial charge in [0.25, 0.3) is 0 Å². The van der Waals surface area contributed by atoms with Crippen LogP contribution in [-0.4, -0.2) is 30.4 Å². The van der Waals surface area contributed by atoms with Crippen molar-refractivity contribution in [1.82, 2.24) is 8.87 Å². The third kappa shape index (κ3) is 3.20. The van der Waals surface area contributed by atoms with Crippen LogP contribution in [0.1, 0.15) is 24.1 Å². The van der Waals surface area contributed by atoms with Gasteiger partial charge in [0.1, 0.15) is 5.82 Å². The van der Waals surface area contributed by atoms with E-state index in [0.717, 1.165) is 27.8 Å². The minimum atomic E-state index is -4.78. The van der Waals surface area contributed by atoms with Gasteiger partial charge in [0.2, 0.25) is 10.0 Å². The van der Waals surface area contributed by atoms with Crippen molar-refractivity contribution in [3.8, 4) is 5.69 Å². The summed E-state index contributed by atoms with van der Waals surface area (Å²) in [7, 11) is -4.34. The fraction of sp³-hybridized carbons (Fsp3) is 0.273. The monoisotopic (exact) mass is 465 g/mol. The summed E-state index contributed by atoms with van der Waals surface area (Å²) in [6, 6.07) is 12.4. The molecule has 10 heteroatoms. The molecule has 0 bridgehead atoms. The van der Waals surface area contributed by atoms with Gasteiger partial charge in [-0.3, -0.25) is 0 Å². The van der Waals surface area contributed by atoms with Crippen molar-refractivity contribution in [3.05, 3.63) is 77.9 Å². The fourth-order valence-electron chi connectivity index (χ4n) is 4.68. The van der Waals surface area contributed by atoms with Crippen LogP contribution in [0.5, 0.6) is 0 Å². The molecule has 0 atom stereocenters. The van der Waals surface area contributed by atoms with Gasteiger partial charge in [-0.05, 0) is 55.3 Å². The molecule has 1 aromatic heterocycles. The van der Waals surface area contributed by atoms with Crippen LogP contribution in [0.3, 0.4) is 0 Å². The van der Waals surface area contributed by atoms with Crippen LogP contribution >= 0.6 is 0 Å². The zero-order chi connectivity index (χ0) is 22.7. The summed E-state index contributed by atoms with van der Waals surface area (Å²) in [5.41, 5.74) is 0.456. The Morgan fingerprint density at radius 1 is 0.969 bits per heavy atom. The molecule has 32 heavy (non-hydrogen) atoms. The quantitative estimate of drug-likeness (QED) is 0.557. The summed E-state index contributed by atoms with van der Waals surface area (Å²) < 4.78 is 83.4. The van der Waals surface area contributed by atoms with Crippen LogP contribution in [-0.2, 0) is 21.7 Å². The summed E-state index contributed by atoms with van der Waals surface area (Å²) in [4.78, 5) is -0.740. The third-order valence-electron chi connectivity index (χ3n) is 6.22. The largest absolute Gasteiger partial charge is 0.417 e. The lowest BCUT2D eigenvalue weighted by molar-refractivity contribution is -0.139. The van der Waals surface area contributed by atoms with E-state index in [1.165, 1.54) is 24.3 Å².